The predicted octanol–water partition coefficient (Wildman–Crippen LogP) is 4.21. The summed E-state index contributed by atoms with van der Waals surface area (Å²) in [6, 6.07) is 12.0. The first-order valence-electron chi connectivity index (χ1n) is 11.8. The molecule has 0 saturated heterocycles. The van der Waals surface area contributed by atoms with Gasteiger partial charge in [-0.15, -0.1) is 11.3 Å². The highest BCUT2D eigenvalue weighted by atomic mass is 32.1. The number of carbonyl (C=O) groups excluding carboxylic acids is 2. The number of methoxy groups -OCH3 is 1. The number of hydrogen-bond acceptors (Lipinski definition) is 9. The van der Waals surface area contributed by atoms with Gasteiger partial charge in [0.05, 0.1) is 35.1 Å². The second-order valence-electron chi connectivity index (χ2n) is 8.54. The van der Waals surface area contributed by atoms with E-state index in [1.807, 2.05) is 30.5 Å². The lowest BCUT2D eigenvalue weighted by molar-refractivity contribution is -0.139. The van der Waals surface area contributed by atoms with Crippen LogP contribution in [0.25, 0.3) is 17.4 Å². The molecule has 1 atom stereocenters. The number of fused-ring (bicyclic) bond motifs is 1. The summed E-state index contributed by atoms with van der Waals surface area (Å²) in [5, 5.41) is 1.91. The van der Waals surface area contributed by atoms with Crippen LogP contribution in [0.2, 0.25) is 0 Å². The molecule has 0 amide bonds. The molecule has 4 aromatic rings. The first kappa shape index (κ1) is 25.6. The van der Waals surface area contributed by atoms with Crippen molar-refractivity contribution in [3.63, 3.8) is 0 Å². The van der Waals surface area contributed by atoms with E-state index in [1.165, 1.54) is 29.8 Å². The number of thiophene rings is 1. The van der Waals surface area contributed by atoms with E-state index in [-0.39, 0.29) is 12.2 Å². The SMILES string of the molecule is CCOC(=O)C1=C(C)N=c2s/c(=C/c3ccc(-c4ccc(C(=O)OC)cc4C)o3)c(=O)n2[C@H]1c1cccs1. The molecule has 0 fully saturated rings. The summed E-state index contributed by atoms with van der Waals surface area (Å²) >= 11 is 2.71. The number of rotatable bonds is 6. The van der Waals surface area contributed by atoms with E-state index >= 15 is 0 Å². The lowest BCUT2D eigenvalue weighted by Crippen LogP contribution is -2.39. The summed E-state index contributed by atoms with van der Waals surface area (Å²) in [6.07, 6.45) is 1.68. The average molecular weight is 549 g/mol. The number of nitrogens with zero attached hydrogens (tertiary/aromatic N) is 2. The number of thiazole rings is 1. The molecule has 0 bridgehead atoms. The van der Waals surface area contributed by atoms with Gasteiger partial charge >= 0.3 is 11.9 Å². The standard InChI is InChI=1S/C28H24N2O6S2/c1-5-35-27(33)23-16(3)29-28-30(24(23)21-7-6-12-37-21)25(31)22(38-28)14-18-9-11-20(36-18)19-10-8-17(13-15(19)2)26(32)34-4/h6-14,24H,5H2,1-4H3/b22-14+/t24-/m0/s1. The van der Waals surface area contributed by atoms with E-state index < -0.39 is 18.0 Å². The van der Waals surface area contributed by atoms with E-state index in [0.717, 1.165) is 16.0 Å². The quantitative estimate of drug-likeness (QED) is 0.335. The van der Waals surface area contributed by atoms with Crippen LogP contribution < -0.4 is 14.9 Å². The Morgan fingerprint density at radius 1 is 1.16 bits per heavy atom. The maximum absolute atomic E-state index is 13.6. The van der Waals surface area contributed by atoms with Crippen molar-refractivity contribution in [1.82, 2.24) is 4.57 Å². The number of hydrogen-bond donors (Lipinski definition) is 0. The summed E-state index contributed by atoms with van der Waals surface area (Å²) in [7, 11) is 1.34. The molecule has 1 aliphatic rings. The van der Waals surface area contributed by atoms with Gasteiger partial charge in [-0.25, -0.2) is 14.6 Å². The van der Waals surface area contributed by atoms with Crippen molar-refractivity contribution < 1.29 is 23.5 Å². The van der Waals surface area contributed by atoms with Crippen molar-refractivity contribution in [2.24, 2.45) is 4.99 Å². The Balaban J connectivity index is 1.57. The molecule has 194 valence electrons. The summed E-state index contributed by atoms with van der Waals surface area (Å²) in [5.74, 6) is 0.216. The molecule has 38 heavy (non-hydrogen) atoms. The Morgan fingerprint density at radius 3 is 2.66 bits per heavy atom. The van der Waals surface area contributed by atoms with Gasteiger partial charge < -0.3 is 13.9 Å². The molecule has 0 aliphatic carbocycles. The summed E-state index contributed by atoms with van der Waals surface area (Å²) < 4.78 is 18.1. The molecule has 1 aromatic carbocycles. The Bertz CT molecular complexity index is 1750. The maximum atomic E-state index is 13.6. The second kappa shape index (κ2) is 10.4. The fraction of sp³-hybridized carbons (Fsp3) is 0.214. The van der Waals surface area contributed by atoms with Gasteiger partial charge in [0.1, 0.15) is 17.6 Å². The highest BCUT2D eigenvalue weighted by Gasteiger charge is 2.33. The summed E-state index contributed by atoms with van der Waals surface area (Å²) in [5.41, 5.74) is 2.76. The van der Waals surface area contributed by atoms with Crippen LogP contribution in [0.1, 0.15) is 46.4 Å². The van der Waals surface area contributed by atoms with Gasteiger partial charge in [-0.1, -0.05) is 23.5 Å². The van der Waals surface area contributed by atoms with Crippen LogP contribution in [0.4, 0.5) is 0 Å². The molecule has 0 unspecified atom stereocenters. The van der Waals surface area contributed by atoms with Crippen LogP contribution in [0.5, 0.6) is 0 Å². The largest absolute Gasteiger partial charge is 0.465 e. The molecule has 3 aromatic heterocycles. The predicted molar refractivity (Wildman–Crippen MR) is 145 cm³/mol. The summed E-state index contributed by atoms with van der Waals surface area (Å²) in [6.45, 7) is 5.62. The van der Waals surface area contributed by atoms with Gasteiger partial charge in [-0.2, -0.15) is 0 Å². The minimum Gasteiger partial charge on any atom is -0.465 e. The molecule has 0 spiro atoms. The third-order valence-corrected chi connectivity index (χ3v) is 8.05. The first-order chi connectivity index (χ1) is 18.3. The van der Waals surface area contributed by atoms with Crippen LogP contribution in [-0.2, 0) is 14.3 Å². The van der Waals surface area contributed by atoms with Gasteiger partial charge in [-0.3, -0.25) is 9.36 Å². The molecule has 0 saturated carbocycles. The summed E-state index contributed by atoms with van der Waals surface area (Å²) in [4.78, 5) is 44.3. The monoisotopic (exact) mass is 548 g/mol. The zero-order valence-corrected chi connectivity index (χ0v) is 22.8. The van der Waals surface area contributed by atoms with E-state index in [4.69, 9.17) is 13.9 Å². The number of ether oxygens (including phenoxy) is 2. The van der Waals surface area contributed by atoms with Crippen molar-refractivity contribution in [2.45, 2.75) is 26.8 Å². The minimum atomic E-state index is -0.615. The average Bonchev–Trinajstić information content (AvgIpc) is 3.65. The van der Waals surface area contributed by atoms with Gasteiger partial charge in [0, 0.05) is 16.5 Å². The third-order valence-electron chi connectivity index (χ3n) is 6.14. The van der Waals surface area contributed by atoms with Gasteiger partial charge in [0.25, 0.3) is 5.56 Å². The fourth-order valence-electron chi connectivity index (χ4n) is 4.40. The Hall–Kier alpha value is -4.02. The van der Waals surface area contributed by atoms with Crippen LogP contribution in [-0.4, -0.2) is 30.2 Å². The smallest absolute Gasteiger partial charge is 0.338 e. The van der Waals surface area contributed by atoms with Crippen molar-refractivity contribution in [3.8, 4) is 11.3 Å². The van der Waals surface area contributed by atoms with E-state index in [2.05, 4.69) is 4.99 Å². The highest BCUT2D eigenvalue weighted by Crippen LogP contribution is 2.33. The Labute approximate surface area is 225 Å². The molecule has 10 heteroatoms. The number of carbonyl (C=O) groups is 2. The third kappa shape index (κ3) is 4.57. The molecule has 8 nitrogen and oxygen atoms in total. The number of aryl methyl sites for hydroxylation is 1. The topological polar surface area (TPSA) is 100 Å². The van der Waals surface area contributed by atoms with E-state index in [1.54, 1.807) is 48.8 Å². The Kier molecular flexibility index (Phi) is 7.00. The molecule has 0 radical (unpaired) electrons. The van der Waals surface area contributed by atoms with Crippen LogP contribution >= 0.6 is 22.7 Å². The highest BCUT2D eigenvalue weighted by molar-refractivity contribution is 7.10. The molecular formula is C28H24N2O6S2. The first-order valence-corrected chi connectivity index (χ1v) is 13.5. The number of allylic oxidation sites excluding steroid dienone is 1. The minimum absolute atomic E-state index is 0.225. The molecular weight excluding hydrogens is 524 g/mol. The van der Waals surface area contributed by atoms with Gasteiger partial charge in [0.15, 0.2) is 4.80 Å². The van der Waals surface area contributed by atoms with Gasteiger partial charge in [0.2, 0.25) is 0 Å². The molecule has 1 aliphatic heterocycles. The van der Waals surface area contributed by atoms with Crippen molar-refractivity contribution in [2.75, 3.05) is 13.7 Å². The number of benzene rings is 1. The van der Waals surface area contributed by atoms with Crippen LogP contribution in [0.15, 0.2) is 73.3 Å². The zero-order valence-electron chi connectivity index (χ0n) is 21.1. The Morgan fingerprint density at radius 2 is 1.97 bits per heavy atom. The lowest BCUT2D eigenvalue weighted by Gasteiger charge is -2.23. The number of furan rings is 1. The maximum Gasteiger partial charge on any atom is 0.338 e. The van der Waals surface area contributed by atoms with Crippen molar-refractivity contribution >= 4 is 40.7 Å². The van der Waals surface area contributed by atoms with Crippen molar-refractivity contribution in [1.29, 1.82) is 0 Å². The van der Waals surface area contributed by atoms with Crippen molar-refractivity contribution in [3.05, 3.63) is 101 Å². The molecule has 4 heterocycles. The number of esters is 2. The molecule has 5 rings (SSSR count). The normalized spacial score (nSPS) is 15.3. The van der Waals surface area contributed by atoms with Crippen LogP contribution in [0, 0.1) is 6.92 Å². The fourth-order valence-corrected chi connectivity index (χ4v) is 6.25. The van der Waals surface area contributed by atoms with Crippen LogP contribution in [0.3, 0.4) is 0 Å². The lowest BCUT2D eigenvalue weighted by atomic mass is 10.0. The van der Waals surface area contributed by atoms with E-state index in [0.29, 0.717) is 37.7 Å². The molecule has 0 N–H and O–H groups in total. The number of aromatic nitrogens is 1. The van der Waals surface area contributed by atoms with Gasteiger partial charge in [-0.05, 0) is 62.0 Å². The second-order valence-corrected chi connectivity index (χ2v) is 10.5. The van der Waals surface area contributed by atoms with E-state index in [9.17, 15) is 14.4 Å². The zero-order chi connectivity index (χ0) is 27.0.